The van der Waals surface area contributed by atoms with E-state index < -0.39 is 11.5 Å². The fourth-order valence-corrected chi connectivity index (χ4v) is 3.47. The Kier molecular flexibility index (Phi) is 4.60. The first kappa shape index (κ1) is 15.9. The number of Topliss-reactive ketones (excluding diaryl/α,β-unsaturated/α-hetero) is 1. The molecule has 3 rings (SSSR count). The van der Waals surface area contributed by atoms with Crippen LogP contribution in [0.1, 0.15) is 29.3 Å². The number of carbonyl (C=O) groups is 1. The molecule has 1 heterocycles. The molecular formula is C20H23NO2. The molecule has 1 aliphatic heterocycles. The monoisotopic (exact) mass is 309 g/mol. The summed E-state index contributed by atoms with van der Waals surface area (Å²) in [5.74, 6) is -0.420. The van der Waals surface area contributed by atoms with E-state index in [0.717, 1.165) is 18.7 Å². The number of carbonyl (C=O) groups excluding carboxylic acids is 1. The Balaban J connectivity index is 1.99. The molecule has 23 heavy (non-hydrogen) atoms. The van der Waals surface area contributed by atoms with Crippen molar-refractivity contribution in [1.29, 1.82) is 0 Å². The van der Waals surface area contributed by atoms with Gasteiger partial charge in [0, 0.05) is 18.7 Å². The van der Waals surface area contributed by atoms with Crippen LogP contribution in [0.5, 0.6) is 0 Å². The number of piperidine rings is 1. The fraction of sp³-hybridized carbons (Fsp3) is 0.350. The number of benzene rings is 2. The molecule has 0 bridgehead atoms. The molecule has 120 valence electrons. The number of ketones is 1. The molecule has 0 unspecified atom stereocenters. The van der Waals surface area contributed by atoms with Gasteiger partial charge in [0.15, 0.2) is 5.78 Å². The molecule has 3 nitrogen and oxygen atoms in total. The molecule has 0 saturated carbocycles. The molecule has 2 atom stereocenters. The molecule has 0 aromatic heterocycles. The summed E-state index contributed by atoms with van der Waals surface area (Å²) < 4.78 is 0. The van der Waals surface area contributed by atoms with Crippen molar-refractivity contribution in [3.8, 4) is 0 Å². The normalized spacial score (nSPS) is 25.2. The summed E-state index contributed by atoms with van der Waals surface area (Å²) >= 11 is 0. The SMILES string of the molecule is CCN1CC[C@](O)(c2ccccc2)[C@@H](C(=O)c2ccccc2)C1. The molecule has 2 aromatic rings. The van der Waals surface area contributed by atoms with E-state index in [1.165, 1.54) is 0 Å². The van der Waals surface area contributed by atoms with Crippen molar-refractivity contribution >= 4 is 5.78 Å². The van der Waals surface area contributed by atoms with Gasteiger partial charge in [0.05, 0.1) is 5.92 Å². The minimum atomic E-state index is -1.10. The third kappa shape index (κ3) is 3.07. The van der Waals surface area contributed by atoms with Crippen LogP contribution >= 0.6 is 0 Å². The average Bonchev–Trinajstić information content (AvgIpc) is 2.63. The predicted octanol–water partition coefficient (Wildman–Crippen LogP) is 3.10. The van der Waals surface area contributed by atoms with Crippen molar-refractivity contribution in [3.05, 3.63) is 71.8 Å². The summed E-state index contributed by atoms with van der Waals surface area (Å²) in [6.07, 6.45) is 0.577. The minimum Gasteiger partial charge on any atom is -0.384 e. The Morgan fingerprint density at radius 2 is 1.74 bits per heavy atom. The van der Waals surface area contributed by atoms with E-state index in [1.807, 2.05) is 60.7 Å². The van der Waals surface area contributed by atoms with Gasteiger partial charge in [-0.1, -0.05) is 67.6 Å². The van der Waals surface area contributed by atoms with Crippen LogP contribution in [-0.4, -0.2) is 35.4 Å². The largest absolute Gasteiger partial charge is 0.384 e. The maximum absolute atomic E-state index is 13.1. The summed E-state index contributed by atoms with van der Waals surface area (Å²) in [5.41, 5.74) is 0.412. The van der Waals surface area contributed by atoms with Crippen LogP contribution in [0.3, 0.4) is 0 Å². The molecule has 2 aromatic carbocycles. The Morgan fingerprint density at radius 1 is 1.13 bits per heavy atom. The van der Waals surface area contributed by atoms with E-state index in [0.29, 0.717) is 18.5 Å². The fourth-order valence-electron chi connectivity index (χ4n) is 3.47. The van der Waals surface area contributed by atoms with E-state index in [-0.39, 0.29) is 5.78 Å². The molecule has 1 saturated heterocycles. The van der Waals surface area contributed by atoms with E-state index >= 15 is 0 Å². The first-order valence-corrected chi connectivity index (χ1v) is 8.24. The highest BCUT2D eigenvalue weighted by molar-refractivity contribution is 5.98. The number of rotatable bonds is 4. The number of aliphatic hydroxyl groups is 1. The van der Waals surface area contributed by atoms with Crippen LogP contribution in [0.4, 0.5) is 0 Å². The van der Waals surface area contributed by atoms with Gasteiger partial charge in [0.1, 0.15) is 5.60 Å². The lowest BCUT2D eigenvalue weighted by Crippen LogP contribution is -2.53. The molecule has 0 radical (unpaired) electrons. The zero-order valence-corrected chi connectivity index (χ0v) is 13.5. The number of hydrogen-bond donors (Lipinski definition) is 1. The third-order valence-electron chi connectivity index (χ3n) is 4.92. The minimum absolute atomic E-state index is 0.0232. The lowest BCUT2D eigenvalue weighted by atomic mass is 9.72. The molecule has 0 amide bonds. The summed E-state index contributed by atoms with van der Waals surface area (Å²) in [6, 6.07) is 18.9. The smallest absolute Gasteiger partial charge is 0.170 e. The van der Waals surface area contributed by atoms with Gasteiger partial charge in [0.2, 0.25) is 0 Å². The highest BCUT2D eigenvalue weighted by Crippen LogP contribution is 2.39. The number of nitrogens with zero attached hydrogens (tertiary/aromatic N) is 1. The van der Waals surface area contributed by atoms with Crippen LogP contribution in [0, 0.1) is 5.92 Å². The van der Waals surface area contributed by atoms with Crippen molar-refractivity contribution < 1.29 is 9.90 Å². The van der Waals surface area contributed by atoms with Gasteiger partial charge in [-0.2, -0.15) is 0 Å². The molecular weight excluding hydrogens is 286 g/mol. The van der Waals surface area contributed by atoms with Crippen LogP contribution in [-0.2, 0) is 5.60 Å². The Hall–Kier alpha value is -1.97. The summed E-state index contributed by atoms with van der Waals surface area (Å²) in [4.78, 5) is 15.3. The first-order valence-electron chi connectivity index (χ1n) is 8.24. The van der Waals surface area contributed by atoms with Crippen molar-refractivity contribution in [2.75, 3.05) is 19.6 Å². The van der Waals surface area contributed by atoms with Crippen molar-refractivity contribution in [1.82, 2.24) is 4.90 Å². The van der Waals surface area contributed by atoms with Gasteiger partial charge in [-0.25, -0.2) is 0 Å². The van der Waals surface area contributed by atoms with Crippen LogP contribution in [0.25, 0.3) is 0 Å². The average molecular weight is 309 g/mol. The van der Waals surface area contributed by atoms with E-state index in [2.05, 4.69) is 11.8 Å². The van der Waals surface area contributed by atoms with E-state index in [1.54, 1.807) is 0 Å². The Labute approximate surface area is 137 Å². The van der Waals surface area contributed by atoms with Crippen molar-refractivity contribution in [2.24, 2.45) is 5.92 Å². The van der Waals surface area contributed by atoms with Gasteiger partial charge in [-0.3, -0.25) is 4.79 Å². The second-order valence-electron chi connectivity index (χ2n) is 6.22. The molecule has 1 fully saturated rings. The van der Waals surface area contributed by atoms with Crippen LogP contribution in [0.15, 0.2) is 60.7 Å². The van der Waals surface area contributed by atoms with Gasteiger partial charge in [-0.15, -0.1) is 0 Å². The van der Waals surface area contributed by atoms with Gasteiger partial charge < -0.3 is 10.0 Å². The summed E-state index contributed by atoms with van der Waals surface area (Å²) in [7, 11) is 0. The topological polar surface area (TPSA) is 40.5 Å². The predicted molar refractivity (Wildman–Crippen MR) is 91.3 cm³/mol. The second kappa shape index (κ2) is 6.65. The molecule has 1 N–H and O–H groups in total. The van der Waals surface area contributed by atoms with E-state index in [9.17, 15) is 9.90 Å². The van der Waals surface area contributed by atoms with Crippen LogP contribution in [0.2, 0.25) is 0 Å². The molecule has 3 heteroatoms. The summed E-state index contributed by atoms with van der Waals surface area (Å²) in [5, 5.41) is 11.4. The lowest BCUT2D eigenvalue weighted by molar-refractivity contribution is -0.0631. The Morgan fingerprint density at radius 3 is 2.35 bits per heavy atom. The van der Waals surface area contributed by atoms with E-state index in [4.69, 9.17) is 0 Å². The Bertz CT molecular complexity index is 656. The summed E-state index contributed by atoms with van der Waals surface area (Å²) in [6.45, 7) is 4.39. The first-order chi connectivity index (χ1) is 11.1. The molecule has 0 spiro atoms. The standard InChI is InChI=1S/C20H23NO2/c1-2-21-14-13-20(23,17-11-7-4-8-12-17)18(15-21)19(22)16-9-5-3-6-10-16/h3-12,18,23H,2,13-15H2,1H3/t18-,20+/m1/s1. The van der Waals surface area contributed by atoms with Gasteiger partial charge in [-0.05, 0) is 18.5 Å². The lowest BCUT2D eigenvalue weighted by Gasteiger charge is -2.44. The zero-order chi connectivity index (χ0) is 16.3. The van der Waals surface area contributed by atoms with Crippen LogP contribution < -0.4 is 0 Å². The maximum atomic E-state index is 13.1. The molecule has 0 aliphatic carbocycles. The number of likely N-dealkylation sites (tertiary alicyclic amines) is 1. The second-order valence-corrected chi connectivity index (χ2v) is 6.22. The van der Waals surface area contributed by atoms with Crippen molar-refractivity contribution in [3.63, 3.8) is 0 Å². The maximum Gasteiger partial charge on any atom is 0.170 e. The van der Waals surface area contributed by atoms with Gasteiger partial charge >= 0.3 is 0 Å². The van der Waals surface area contributed by atoms with Crippen molar-refractivity contribution in [2.45, 2.75) is 18.9 Å². The third-order valence-corrected chi connectivity index (χ3v) is 4.92. The zero-order valence-electron chi connectivity index (χ0n) is 13.5. The van der Waals surface area contributed by atoms with Gasteiger partial charge in [0.25, 0.3) is 0 Å². The quantitative estimate of drug-likeness (QED) is 0.882. The highest BCUT2D eigenvalue weighted by Gasteiger charge is 2.46. The molecule has 1 aliphatic rings. The highest BCUT2D eigenvalue weighted by atomic mass is 16.3. The number of hydrogen-bond acceptors (Lipinski definition) is 3.